The normalized spacial score (nSPS) is 20.4. The van der Waals surface area contributed by atoms with Crippen LogP contribution in [0.15, 0.2) is 0 Å². The third-order valence-electron chi connectivity index (χ3n) is 3.53. The Hall–Kier alpha value is -1.83. The van der Waals surface area contributed by atoms with Gasteiger partial charge >= 0.3 is 6.09 Å². The molecule has 8 heteroatoms. The zero-order valence-corrected chi connectivity index (χ0v) is 10.6. The first-order valence-corrected chi connectivity index (χ1v) is 6.31. The first kappa shape index (κ1) is 13.6. The second kappa shape index (κ2) is 5.87. The topological polar surface area (TPSA) is 105 Å². The van der Waals surface area contributed by atoms with Gasteiger partial charge in [-0.15, -0.1) is 0 Å². The summed E-state index contributed by atoms with van der Waals surface area (Å²) in [7, 11) is 0. The first-order chi connectivity index (χ1) is 9.11. The molecule has 0 saturated carbocycles. The molecule has 0 unspecified atom stereocenters. The standard InChI is InChI=1S/C11H18N4O4/c12-13-10(17)8-1-3-14(4-2-8)9(16)7-15-5-6-19-11(15)18/h8H,1-7,12H2,(H,13,17). The number of likely N-dealkylation sites (tertiary alicyclic amines) is 1. The van der Waals surface area contributed by atoms with Crippen LogP contribution < -0.4 is 11.3 Å². The smallest absolute Gasteiger partial charge is 0.410 e. The molecule has 0 spiro atoms. The van der Waals surface area contributed by atoms with Gasteiger partial charge in [0.1, 0.15) is 13.2 Å². The number of carbonyl (C=O) groups excluding carboxylic acids is 3. The highest BCUT2D eigenvalue weighted by molar-refractivity contribution is 5.83. The van der Waals surface area contributed by atoms with Gasteiger partial charge in [-0.05, 0) is 12.8 Å². The van der Waals surface area contributed by atoms with Crippen LogP contribution in [0.2, 0.25) is 0 Å². The zero-order chi connectivity index (χ0) is 13.8. The summed E-state index contributed by atoms with van der Waals surface area (Å²) in [5.74, 6) is 4.66. The molecule has 3 amide bonds. The van der Waals surface area contributed by atoms with Gasteiger partial charge in [0.05, 0.1) is 6.54 Å². The van der Waals surface area contributed by atoms with E-state index in [-0.39, 0.29) is 24.3 Å². The fourth-order valence-electron chi connectivity index (χ4n) is 2.34. The van der Waals surface area contributed by atoms with E-state index in [0.717, 1.165) is 0 Å². The van der Waals surface area contributed by atoms with Crippen molar-refractivity contribution in [3.05, 3.63) is 0 Å². The van der Waals surface area contributed by atoms with E-state index in [1.54, 1.807) is 4.90 Å². The molecule has 3 N–H and O–H groups in total. The quantitative estimate of drug-likeness (QED) is 0.375. The number of cyclic esters (lactones) is 1. The van der Waals surface area contributed by atoms with Crippen LogP contribution in [0.3, 0.4) is 0 Å². The highest BCUT2D eigenvalue weighted by Gasteiger charge is 2.30. The summed E-state index contributed by atoms with van der Waals surface area (Å²) in [5, 5.41) is 0. The van der Waals surface area contributed by atoms with Crippen molar-refractivity contribution in [3.63, 3.8) is 0 Å². The highest BCUT2D eigenvalue weighted by atomic mass is 16.6. The second-order valence-corrected chi connectivity index (χ2v) is 4.70. The van der Waals surface area contributed by atoms with Gasteiger partial charge in [-0.1, -0.05) is 0 Å². The minimum absolute atomic E-state index is 0.0482. The van der Waals surface area contributed by atoms with E-state index in [2.05, 4.69) is 5.43 Å². The maximum absolute atomic E-state index is 12.0. The molecule has 0 aromatic carbocycles. The van der Waals surface area contributed by atoms with Gasteiger partial charge in [-0.25, -0.2) is 10.6 Å². The van der Waals surface area contributed by atoms with E-state index in [1.165, 1.54) is 4.90 Å². The van der Waals surface area contributed by atoms with E-state index in [4.69, 9.17) is 10.6 Å². The molecule has 0 bridgehead atoms. The average Bonchev–Trinajstić information content (AvgIpc) is 2.83. The Labute approximate surface area is 110 Å². The van der Waals surface area contributed by atoms with Gasteiger partial charge in [0.2, 0.25) is 11.8 Å². The van der Waals surface area contributed by atoms with Crippen LogP contribution in [-0.2, 0) is 14.3 Å². The van der Waals surface area contributed by atoms with Gasteiger partial charge in [0.15, 0.2) is 0 Å². The van der Waals surface area contributed by atoms with Crippen LogP contribution in [0.4, 0.5) is 4.79 Å². The number of hydrogen-bond acceptors (Lipinski definition) is 5. The summed E-state index contributed by atoms with van der Waals surface area (Å²) < 4.78 is 4.77. The Balaban J connectivity index is 1.79. The van der Waals surface area contributed by atoms with Gasteiger partial charge in [0.25, 0.3) is 0 Å². The van der Waals surface area contributed by atoms with E-state index < -0.39 is 6.09 Å². The molecule has 0 radical (unpaired) electrons. The molecular weight excluding hydrogens is 252 g/mol. The van der Waals surface area contributed by atoms with Crippen molar-refractivity contribution in [3.8, 4) is 0 Å². The van der Waals surface area contributed by atoms with Crippen LogP contribution >= 0.6 is 0 Å². The molecule has 0 aliphatic carbocycles. The molecule has 106 valence electrons. The van der Waals surface area contributed by atoms with E-state index >= 15 is 0 Å². The Morgan fingerprint density at radius 3 is 2.53 bits per heavy atom. The molecule has 19 heavy (non-hydrogen) atoms. The molecule has 0 aromatic rings. The predicted octanol–water partition coefficient (Wildman–Crippen LogP) is -1.33. The summed E-state index contributed by atoms with van der Waals surface area (Å²) in [4.78, 5) is 37.7. The minimum Gasteiger partial charge on any atom is -0.448 e. The third-order valence-corrected chi connectivity index (χ3v) is 3.53. The molecule has 2 rings (SSSR count). The number of rotatable bonds is 3. The lowest BCUT2D eigenvalue weighted by Gasteiger charge is -2.31. The van der Waals surface area contributed by atoms with Crippen LogP contribution in [-0.4, -0.2) is 60.5 Å². The van der Waals surface area contributed by atoms with E-state index in [1.807, 2.05) is 0 Å². The number of ether oxygens (including phenoxy) is 1. The largest absolute Gasteiger partial charge is 0.448 e. The molecule has 2 saturated heterocycles. The zero-order valence-electron chi connectivity index (χ0n) is 10.6. The van der Waals surface area contributed by atoms with Gasteiger partial charge in [-0.3, -0.25) is 19.9 Å². The van der Waals surface area contributed by atoms with Crippen LogP contribution in [0.25, 0.3) is 0 Å². The molecule has 2 aliphatic rings. The van der Waals surface area contributed by atoms with Crippen molar-refractivity contribution in [2.75, 3.05) is 32.8 Å². The fraction of sp³-hybridized carbons (Fsp3) is 0.727. The Morgan fingerprint density at radius 1 is 1.32 bits per heavy atom. The number of hydrazine groups is 1. The Kier molecular flexibility index (Phi) is 4.20. The number of carbonyl (C=O) groups is 3. The molecule has 8 nitrogen and oxygen atoms in total. The molecule has 2 fully saturated rings. The first-order valence-electron chi connectivity index (χ1n) is 6.31. The summed E-state index contributed by atoms with van der Waals surface area (Å²) in [5.41, 5.74) is 2.13. The third kappa shape index (κ3) is 3.14. The second-order valence-electron chi connectivity index (χ2n) is 4.70. The number of amides is 3. The van der Waals surface area contributed by atoms with Crippen LogP contribution in [0.5, 0.6) is 0 Å². The number of nitrogens with one attached hydrogen (secondary N) is 1. The van der Waals surface area contributed by atoms with Crippen molar-refractivity contribution in [2.24, 2.45) is 11.8 Å². The number of nitrogens with zero attached hydrogens (tertiary/aromatic N) is 2. The lowest BCUT2D eigenvalue weighted by molar-refractivity contribution is -0.136. The molecule has 0 atom stereocenters. The fourth-order valence-corrected chi connectivity index (χ4v) is 2.34. The summed E-state index contributed by atoms with van der Waals surface area (Å²) in [6.45, 7) is 1.87. The van der Waals surface area contributed by atoms with Crippen molar-refractivity contribution in [1.29, 1.82) is 0 Å². The van der Waals surface area contributed by atoms with Crippen molar-refractivity contribution in [2.45, 2.75) is 12.8 Å². The van der Waals surface area contributed by atoms with E-state index in [9.17, 15) is 14.4 Å². The van der Waals surface area contributed by atoms with Crippen molar-refractivity contribution < 1.29 is 19.1 Å². The van der Waals surface area contributed by atoms with Crippen LogP contribution in [0.1, 0.15) is 12.8 Å². The van der Waals surface area contributed by atoms with Gasteiger partial charge in [-0.2, -0.15) is 0 Å². The van der Waals surface area contributed by atoms with Crippen molar-refractivity contribution in [1.82, 2.24) is 15.2 Å². The number of nitrogens with two attached hydrogens (primary N) is 1. The SMILES string of the molecule is NNC(=O)C1CCN(C(=O)CN2CCOC2=O)CC1. The maximum atomic E-state index is 12.0. The molecule has 2 aliphatic heterocycles. The lowest BCUT2D eigenvalue weighted by atomic mass is 9.96. The molecule has 2 heterocycles. The minimum atomic E-state index is -0.439. The average molecular weight is 270 g/mol. The summed E-state index contributed by atoms with van der Waals surface area (Å²) in [6.07, 6.45) is 0.754. The Bertz CT molecular complexity index is 379. The summed E-state index contributed by atoms with van der Waals surface area (Å²) in [6, 6.07) is 0. The van der Waals surface area contributed by atoms with E-state index in [0.29, 0.717) is 39.1 Å². The monoisotopic (exact) mass is 270 g/mol. The molecular formula is C11H18N4O4. The van der Waals surface area contributed by atoms with Crippen molar-refractivity contribution >= 4 is 17.9 Å². The predicted molar refractivity (Wildman–Crippen MR) is 64.6 cm³/mol. The Morgan fingerprint density at radius 2 is 2.00 bits per heavy atom. The van der Waals surface area contributed by atoms with Gasteiger partial charge in [0, 0.05) is 19.0 Å². The van der Waals surface area contributed by atoms with Crippen LogP contribution in [0, 0.1) is 5.92 Å². The number of piperidine rings is 1. The van der Waals surface area contributed by atoms with Gasteiger partial charge < -0.3 is 9.64 Å². The lowest BCUT2D eigenvalue weighted by Crippen LogP contribution is -2.47. The molecule has 0 aromatic heterocycles. The maximum Gasteiger partial charge on any atom is 0.410 e. The number of hydrogen-bond donors (Lipinski definition) is 2. The summed E-state index contributed by atoms with van der Waals surface area (Å²) >= 11 is 0. The highest BCUT2D eigenvalue weighted by Crippen LogP contribution is 2.17.